The van der Waals surface area contributed by atoms with Gasteiger partial charge in [-0.25, -0.2) is 0 Å². The average molecular weight is 289 g/mol. The Morgan fingerprint density at radius 3 is 2.57 bits per heavy atom. The molecule has 2 rings (SSSR count). The van der Waals surface area contributed by atoms with Crippen LogP contribution in [0.5, 0.6) is 0 Å². The van der Waals surface area contributed by atoms with E-state index in [1.54, 1.807) is 0 Å². The van der Waals surface area contributed by atoms with Gasteiger partial charge in [0.05, 0.1) is 18.8 Å². The van der Waals surface area contributed by atoms with E-state index in [2.05, 4.69) is 46.0 Å². The standard InChI is InChI=1S/C18H27NO2/c1-13(2)10-19-11-17-15(12-20-18(3,4)5)14-8-6-7-9-16(14)21-17/h6-9,13,19H,10-12H2,1-5H3. The Bertz CT molecular complexity index is 578. The molecule has 3 heteroatoms. The molecule has 0 aliphatic carbocycles. The van der Waals surface area contributed by atoms with Crippen molar-refractivity contribution < 1.29 is 9.15 Å². The van der Waals surface area contributed by atoms with E-state index >= 15 is 0 Å². The quantitative estimate of drug-likeness (QED) is 0.850. The zero-order chi connectivity index (χ0) is 15.5. The van der Waals surface area contributed by atoms with Crippen molar-refractivity contribution in [2.45, 2.75) is 53.4 Å². The van der Waals surface area contributed by atoms with E-state index in [1.165, 1.54) is 0 Å². The molecule has 1 aromatic carbocycles. The molecular formula is C18H27NO2. The molecule has 0 unspecified atom stereocenters. The van der Waals surface area contributed by atoms with Crippen LogP contribution < -0.4 is 5.32 Å². The number of para-hydroxylation sites is 1. The predicted molar refractivity (Wildman–Crippen MR) is 87.3 cm³/mol. The average Bonchev–Trinajstić information content (AvgIpc) is 2.72. The van der Waals surface area contributed by atoms with Crippen molar-refractivity contribution in [1.82, 2.24) is 5.32 Å². The Kier molecular flexibility index (Phi) is 5.07. The minimum absolute atomic E-state index is 0.152. The summed E-state index contributed by atoms with van der Waals surface area (Å²) in [5.74, 6) is 1.62. The van der Waals surface area contributed by atoms with Crippen LogP contribution in [0.25, 0.3) is 11.0 Å². The number of fused-ring (bicyclic) bond motifs is 1. The lowest BCUT2D eigenvalue weighted by atomic mass is 10.1. The number of hydrogen-bond acceptors (Lipinski definition) is 3. The third-order valence-electron chi connectivity index (χ3n) is 3.27. The van der Waals surface area contributed by atoms with Gasteiger partial charge in [-0.3, -0.25) is 0 Å². The van der Waals surface area contributed by atoms with Crippen LogP contribution in [0.15, 0.2) is 28.7 Å². The Balaban J connectivity index is 2.21. The lowest BCUT2D eigenvalue weighted by Gasteiger charge is -2.19. The minimum atomic E-state index is -0.152. The van der Waals surface area contributed by atoms with Crippen molar-refractivity contribution in [2.75, 3.05) is 6.54 Å². The third kappa shape index (κ3) is 4.58. The van der Waals surface area contributed by atoms with Crippen molar-refractivity contribution >= 4 is 11.0 Å². The number of ether oxygens (including phenoxy) is 1. The summed E-state index contributed by atoms with van der Waals surface area (Å²) in [5.41, 5.74) is 1.95. The fourth-order valence-electron chi connectivity index (χ4n) is 2.21. The Labute approximate surface area is 127 Å². The van der Waals surface area contributed by atoms with Crippen LogP contribution in [0.3, 0.4) is 0 Å². The molecule has 0 radical (unpaired) electrons. The zero-order valence-electron chi connectivity index (χ0n) is 13.8. The van der Waals surface area contributed by atoms with Crippen LogP contribution in [0, 0.1) is 5.92 Å². The molecule has 1 N–H and O–H groups in total. The van der Waals surface area contributed by atoms with E-state index in [1.807, 2.05) is 18.2 Å². The second-order valence-electron chi connectivity index (χ2n) is 6.93. The lowest BCUT2D eigenvalue weighted by molar-refractivity contribution is -0.0151. The minimum Gasteiger partial charge on any atom is -0.459 e. The summed E-state index contributed by atoms with van der Waals surface area (Å²) in [4.78, 5) is 0. The second kappa shape index (κ2) is 6.63. The second-order valence-corrected chi connectivity index (χ2v) is 6.93. The molecule has 0 saturated heterocycles. The largest absolute Gasteiger partial charge is 0.459 e. The van der Waals surface area contributed by atoms with Crippen LogP contribution in [-0.2, 0) is 17.9 Å². The van der Waals surface area contributed by atoms with Crippen molar-refractivity contribution in [3.8, 4) is 0 Å². The molecule has 0 aliphatic rings. The lowest BCUT2D eigenvalue weighted by Crippen LogP contribution is -2.21. The molecule has 1 heterocycles. The van der Waals surface area contributed by atoms with Gasteiger partial charge in [-0.1, -0.05) is 32.0 Å². The van der Waals surface area contributed by atoms with Crippen LogP contribution in [-0.4, -0.2) is 12.1 Å². The van der Waals surface area contributed by atoms with Gasteiger partial charge in [0.2, 0.25) is 0 Å². The van der Waals surface area contributed by atoms with Crippen LogP contribution in [0.1, 0.15) is 45.9 Å². The summed E-state index contributed by atoms with van der Waals surface area (Å²) >= 11 is 0. The molecule has 2 aromatic rings. The highest BCUT2D eigenvalue weighted by Crippen LogP contribution is 2.27. The molecule has 0 saturated carbocycles. The van der Waals surface area contributed by atoms with Crippen molar-refractivity contribution in [1.29, 1.82) is 0 Å². The van der Waals surface area contributed by atoms with Crippen LogP contribution in [0.4, 0.5) is 0 Å². The molecule has 0 amide bonds. The summed E-state index contributed by atoms with van der Waals surface area (Å²) < 4.78 is 12.0. The van der Waals surface area contributed by atoms with Gasteiger partial charge in [0, 0.05) is 10.9 Å². The first kappa shape index (κ1) is 16.1. The summed E-state index contributed by atoms with van der Waals surface area (Å²) in [6.07, 6.45) is 0. The first-order valence-electron chi connectivity index (χ1n) is 7.71. The highest BCUT2D eigenvalue weighted by molar-refractivity contribution is 5.82. The molecule has 1 aromatic heterocycles. The molecule has 0 spiro atoms. The maximum Gasteiger partial charge on any atom is 0.134 e. The Morgan fingerprint density at radius 1 is 1.19 bits per heavy atom. The molecular weight excluding hydrogens is 262 g/mol. The summed E-state index contributed by atoms with van der Waals surface area (Å²) in [5, 5.41) is 4.61. The number of benzene rings is 1. The Morgan fingerprint density at radius 2 is 1.90 bits per heavy atom. The van der Waals surface area contributed by atoms with Crippen molar-refractivity contribution in [2.24, 2.45) is 5.92 Å². The summed E-state index contributed by atoms with van der Waals surface area (Å²) in [6, 6.07) is 8.17. The topological polar surface area (TPSA) is 34.4 Å². The van der Waals surface area contributed by atoms with Gasteiger partial charge < -0.3 is 14.5 Å². The van der Waals surface area contributed by atoms with Gasteiger partial charge >= 0.3 is 0 Å². The van der Waals surface area contributed by atoms with Gasteiger partial charge in [-0.15, -0.1) is 0 Å². The number of rotatable bonds is 6. The van der Waals surface area contributed by atoms with E-state index in [4.69, 9.17) is 9.15 Å². The molecule has 21 heavy (non-hydrogen) atoms. The fourth-order valence-corrected chi connectivity index (χ4v) is 2.21. The van der Waals surface area contributed by atoms with E-state index in [0.717, 1.165) is 35.4 Å². The Hall–Kier alpha value is -1.32. The van der Waals surface area contributed by atoms with E-state index < -0.39 is 0 Å². The number of hydrogen-bond donors (Lipinski definition) is 1. The fraction of sp³-hybridized carbons (Fsp3) is 0.556. The molecule has 116 valence electrons. The number of furan rings is 1. The smallest absolute Gasteiger partial charge is 0.134 e. The highest BCUT2D eigenvalue weighted by atomic mass is 16.5. The maximum atomic E-state index is 6.00. The molecule has 3 nitrogen and oxygen atoms in total. The zero-order valence-corrected chi connectivity index (χ0v) is 13.8. The van der Waals surface area contributed by atoms with Gasteiger partial charge in [0.1, 0.15) is 11.3 Å². The van der Waals surface area contributed by atoms with E-state index in [9.17, 15) is 0 Å². The molecule has 0 aliphatic heterocycles. The predicted octanol–water partition coefficient (Wildman–Crippen LogP) is 4.49. The summed E-state index contributed by atoms with van der Waals surface area (Å²) in [6.45, 7) is 12.9. The van der Waals surface area contributed by atoms with E-state index in [0.29, 0.717) is 12.5 Å². The highest BCUT2D eigenvalue weighted by Gasteiger charge is 2.17. The van der Waals surface area contributed by atoms with Gasteiger partial charge in [-0.05, 0) is 39.3 Å². The molecule has 0 atom stereocenters. The SMILES string of the molecule is CC(C)CNCc1oc2ccccc2c1COC(C)(C)C. The van der Waals surface area contributed by atoms with Crippen LogP contribution in [0.2, 0.25) is 0 Å². The number of nitrogens with one attached hydrogen (secondary N) is 1. The van der Waals surface area contributed by atoms with Crippen molar-refractivity contribution in [3.63, 3.8) is 0 Å². The maximum absolute atomic E-state index is 6.00. The summed E-state index contributed by atoms with van der Waals surface area (Å²) in [7, 11) is 0. The van der Waals surface area contributed by atoms with Gasteiger partial charge in [0.25, 0.3) is 0 Å². The molecule has 0 bridgehead atoms. The first-order chi connectivity index (χ1) is 9.87. The van der Waals surface area contributed by atoms with Crippen LogP contribution >= 0.6 is 0 Å². The van der Waals surface area contributed by atoms with Gasteiger partial charge in [0.15, 0.2) is 0 Å². The third-order valence-corrected chi connectivity index (χ3v) is 3.27. The molecule has 0 fully saturated rings. The first-order valence-corrected chi connectivity index (χ1v) is 7.71. The monoisotopic (exact) mass is 289 g/mol. The van der Waals surface area contributed by atoms with Crippen molar-refractivity contribution in [3.05, 3.63) is 35.6 Å². The van der Waals surface area contributed by atoms with Gasteiger partial charge in [-0.2, -0.15) is 0 Å². The normalized spacial score (nSPS) is 12.5. The van der Waals surface area contributed by atoms with E-state index in [-0.39, 0.29) is 5.60 Å².